The Hall–Kier alpha value is -7.43. The van der Waals surface area contributed by atoms with Gasteiger partial charge < -0.3 is 4.42 Å². The van der Waals surface area contributed by atoms with Crippen LogP contribution in [0.25, 0.3) is 95.6 Å². The van der Waals surface area contributed by atoms with Crippen LogP contribution in [0.3, 0.4) is 0 Å². The lowest BCUT2D eigenvalue weighted by Crippen LogP contribution is -2.13. The van der Waals surface area contributed by atoms with Gasteiger partial charge in [0.2, 0.25) is 0 Å². The molecule has 9 aromatic rings. The largest absolute Gasteiger partial charge is 0.456 e. The molecule has 2 aromatic heterocycles. The lowest BCUT2D eigenvalue weighted by Gasteiger charge is -2.27. The van der Waals surface area contributed by atoms with Crippen LogP contribution in [0, 0.1) is 5.92 Å². The lowest BCUT2D eigenvalue weighted by molar-refractivity contribution is 0.669. The number of aromatic nitrogens is 3. The van der Waals surface area contributed by atoms with Crippen molar-refractivity contribution in [2.45, 2.75) is 5.92 Å². The third-order valence-corrected chi connectivity index (χ3v) is 11.3. The summed E-state index contributed by atoms with van der Waals surface area (Å²) < 4.78 is 6.56. The van der Waals surface area contributed by atoms with Crippen LogP contribution in [0.4, 0.5) is 0 Å². The number of hydrogen-bond donors (Lipinski definition) is 0. The Morgan fingerprint density at radius 2 is 1.00 bits per heavy atom. The first-order valence-corrected chi connectivity index (χ1v) is 19.4. The van der Waals surface area contributed by atoms with Crippen molar-refractivity contribution in [3.8, 4) is 67.5 Å². The molecule has 2 unspecified atom stereocenters. The van der Waals surface area contributed by atoms with Gasteiger partial charge in [0.05, 0.1) is 0 Å². The van der Waals surface area contributed by atoms with Crippen molar-refractivity contribution in [2.75, 3.05) is 0 Å². The fourth-order valence-electron chi connectivity index (χ4n) is 8.39. The molecule has 2 aliphatic carbocycles. The number of nitrogens with zero attached hydrogens (tertiary/aromatic N) is 3. The molecule has 57 heavy (non-hydrogen) atoms. The molecule has 0 N–H and O–H groups in total. The fraction of sp³-hybridized carbons (Fsp3) is 0.0377. The van der Waals surface area contributed by atoms with Gasteiger partial charge in [-0.05, 0) is 74.8 Å². The molecule has 0 bridgehead atoms. The van der Waals surface area contributed by atoms with E-state index in [9.17, 15) is 0 Å². The highest BCUT2D eigenvalue weighted by atomic mass is 16.3. The van der Waals surface area contributed by atoms with E-state index in [1.807, 2.05) is 36.4 Å². The van der Waals surface area contributed by atoms with Crippen LogP contribution in [0.1, 0.15) is 17.0 Å². The molecule has 2 heterocycles. The molecule has 2 atom stereocenters. The van der Waals surface area contributed by atoms with E-state index in [2.05, 4.69) is 164 Å². The molecule has 4 heteroatoms. The van der Waals surface area contributed by atoms with Gasteiger partial charge in [-0.2, -0.15) is 0 Å². The van der Waals surface area contributed by atoms with Gasteiger partial charge in [0, 0.05) is 39.3 Å². The third-order valence-electron chi connectivity index (χ3n) is 11.3. The molecule has 0 spiro atoms. The van der Waals surface area contributed by atoms with E-state index in [0.717, 1.165) is 66.4 Å². The average Bonchev–Trinajstić information content (AvgIpc) is 3.68. The zero-order valence-corrected chi connectivity index (χ0v) is 31.0. The summed E-state index contributed by atoms with van der Waals surface area (Å²) in [5, 5.41) is 2.21. The first-order chi connectivity index (χ1) is 28.2. The van der Waals surface area contributed by atoms with E-state index in [1.54, 1.807) is 0 Å². The number of benzene rings is 7. The average molecular weight is 730 g/mol. The van der Waals surface area contributed by atoms with Crippen LogP contribution in [0.15, 0.2) is 199 Å². The van der Waals surface area contributed by atoms with E-state index < -0.39 is 0 Å². The maximum absolute atomic E-state index is 6.56. The van der Waals surface area contributed by atoms with Gasteiger partial charge >= 0.3 is 0 Å². The SMILES string of the molecule is C1=CC2C=Cc3ccc(-c4ccc5c(c4)oc4cccc(-c6ccc(-c7nc(-c8ccccc8)nc(-c8cccc(-c9ccccc9)c8)n7)cc6)c45)cc3C2C=C1. The Bertz CT molecular complexity index is 3070. The minimum absolute atomic E-state index is 0.369. The lowest BCUT2D eigenvalue weighted by atomic mass is 9.76. The molecule has 0 saturated heterocycles. The molecule has 2 aliphatic rings. The molecule has 0 saturated carbocycles. The van der Waals surface area contributed by atoms with Crippen LogP contribution in [-0.4, -0.2) is 15.0 Å². The number of hydrogen-bond acceptors (Lipinski definition) is 4. The quantitative estimate of drug-likeness (QED) is 0.171. The Morgan fingerprint density at radius 1 is 0.404 bits per heavy atom. The van der Waals surface area contributed by atoms with Crippen molar-refractivity contribution in [2.24, 2.45) is 5.92 Å². The second-order valence-corrected chi connectivity index (χ2v) is 14.8. The Kier molecular flexibility index (Phi) is 7.92. The summed E-state index contributed by atoms with van der Waals surface area (Å²) in [7, 11) is 0. The van der Waals surface area contributed by atoms with Gasteiger partial charge in [0.1, 0.15) is 11.2 Å². The molecule has 4 nitrogen and oxygen atoms in total. The second kappa shape index (κ2) is 13.7. The first-order valence-electron chi connectivity index (χ1n) is 19.4. The summed E-state index contributed by atoms with van der Waals surface area (Å²) in [5.41, 5.74) is 14.0. The molecule has 0 fully saturated rings. The number of furan rings is 1. The minimum Gasteiger partial charge on any atom is -0.456 e. The summed E-state index contributed by atoms with van der Waals surface area (Å²) in [4.78, 5) is 15.0. The second-order valence-electron chi connectivity index (χ2n) is 14.8. The molecular weight excluding hydrogens is 695 g/mol. The molecule has 11 rings (SSSR count). The van der Waals surface area contributed by atoms with Gasteiger partial charge in [0.25, 0.3) is 0 Å². The summed E-state index contributed by atoms with van der Waals surface area (Å²) in [6.07, 6.45) is 13.5. The van der Waals surface area contributed by atoms with Crippen LogP contribution in [0.2, 0.25) is 0 Å². The highest BCUT2D eigenvalue weighted by molar-refractivity contribution is 6.13. The van der Waals surface area contributed by atoms with E-state index in [0.29, 0.717) is 29.3 Å². The van der Waals surface area contributed by atoms with E-state index >= 15 is 0 Å². The van der Waals surface area contributed by atoms with Gasteiger partial charge in [-0.15, -0.1) is 0 Å². The van der Waals surface area contributed by atoms with Crippen molar-refractivity contribution in [3.05, 3.63) is 205 Å². The maximum atomic E-state index is 6.56. The normalized spacial score (nSPS) is 15.5. The highest BCUT2D eigenvalue weighted by Crippen LogP contribution is 2.42. The predicted molar refractivity (Wildman–Crippen MR) is 233 cm³/mol. The standard InChI is InChI=1S/C53H35N3O/c1-3-11-34(12-4-1)40-16-9-17-43(31-40)53-55-51(38-14-5-2-6-15-38)54-52(56-53)39-26-23-36(24-27-39)45-19-10-20-48-50(45)46-30-29-42(33-49(46)57-48)41-28-25-37-22-21-35-13-7-8-18-44(35)47(37)32-41/h1-33,35,44H. The van der Waals surface area contributed by atoms with Crippen molar-refractivity contribution < 1.29 is 4.42 Å². The zero-order valence-electron chi connectivity index (χ0n) is 31.0. The summed E-state index contributed by atoms with van der Waals surface area (Å²) >= 11 is 0. The van der Waals surface area contributed by atoms with Crippen LogP contribution >= 0.6 is 0 Å². The van der Waals surface area contributed by atoms with Gasteiger partial charge in [0.15, 0.2) is 17.5 Å². The smallest absolute Gasteiger partial charge is 0.164 e. The van der Waals surface area contributed by atoms with Crippen LogP contribution < -0.4 is 0 Å². The fourth-order valence-corrected chi connectivity index (χ4v) is 8.39. The van der Waals surface area contributed by atoms with Gasteiger partial charge in [-0.1, -0.05) is 170 Å². The topological polar surface area (TPSA) is 51.8 Å². The van der Waals surface area contributed by atoms with Crippen LogP contribution in [-0.2, 0) is 0 Å². The van der Waals surface area contributed by atoms with Crippen LogP contribution in [0.5, 0.6) is 0 Å². The molecule has 7 aromatic carbocycles. The predicted octanol–water partition coefficient (Wildman–Crippen LogP) is 13.6. The molecule has 0 aliphatic heterocycles. The Labute approximate surface area is 330 Å². The van der Waals surface area contributed by atoms with Crippen molar-refractivity contribution in [1.82, 2.24) is 15.0 Å². The maximum Gasteiger partial charge on any atom is 0.164 e. The zero-order chi connectivity index (χ0) is 37.7. The number of fused-ring (bicyclic) bond motifs is 6. The first kappa shape index (κ1) is 33.0. The van der Waals surface area contributed by atoms with Crippen molar-refractivity contribution in [3.63, 3.8) is 0 Å². The monoisotopic (exact) mass is 729 g/mol. The summed E-state index contributed by atoms with van der Waals surface area (Å²) in [5.74, 6) is 2.67. The van der Waals surface area contributed by atoms with E-state index in [-0.39, 0.29) is 0 Å². The summed E-state index contributed by atoms with van der Waals surface area (Å²) in [6.45, 7) is 0. The summed E-state index contributed by atoms with van der Waals surface area (Å²) in [6, 6.07) is 57.2. The van der Waals surface area contributed by atoms with Crippen molar-refractivity contribution >= 4 is 28.0 Å². The highest BCUT2D eigenvalue weighted by Gasteiger charge is 2.24. The number of allylic oxidation sites excluding steroid dienone is 5. The van der Waals surface area contributed by atoms with E-state index in [1.165, 1.54) is 16.7 Å². The van der Waals surface area contributed by atoms with Gasteiger partial charge in [-0.3, -0.25) is 0 Å². The molecule has 268 valence electrons. The Balaban J connectivity index is 0.952. The van der Waals surface area contributed by atoms with E-state index in [4.69, 9.17) is 19.4 Å². The molecule has 0 amide bonds. The van der Waals surface area contributed by atoms with Crippen molar-refractivity contribution in [1.29, 1.82) is 0 Å². The van der Waals surface area contributed by atoms with Gasteiger partial charge in [-0.25, -0.2) is 15.0 Å². The number of rotatable bonds is 6. The minimum atomic E-state index is 0.369. The Morgan fingerprint density at radius 3 is 1.81 bits per heavy atom. The third kappa shape index (κ3) is 5.99. The molecular formula is C53H35N3O. The molecule has 0 radical (unpaired) electrons.